The van der Waals surface area contributed by atoms with Gasteiger partial charge in [-0.2, -0.15) is 0 Å². The number of hydrogen-bond donors (Lipinski definition) is 1. The molecule has 2 aromatic rings. The van der Waals surface area contributed by atoms with Gasteiger partial charge in [-0.3, -0.25) is 0 Å². The molecule has 3 rings (SSSR count). The fourth-order valence-corrected chi connectivity index (χ4v) is 3.16. The molecule has 0 saturated carbocycles. The third-order valence-electron chi connectivity index (χ3n) is 3.28. The second-order valence-corrected chi connectivity index (χ2v) is 5.51. The first kappa shape index (κ1) is 11.6. The molecule has 0 amide bonds. The zero-order valence-corrected chi connectivity index (χ0v) is 11.2. The number of anilines is 1. The molecule has 0 atom stereocenters. The van der Waals surface area contributed by atoms with Crippen LogP contribution in [0.25, 0.3) is 11.3 Å². The van der Waals surface area contributed by atoms with Gasteiger partial charge in [0.2, 0.25) is 5.95 Å². The lowest BCUT2D eigenvalue weighted by molar-refractivity contribution is 0.835. The van der Waals surface area contributed by atoms with Crippen LogP contribution in [0.15, 0.2) is 17.6 Å². The Balaban J connectivity index is 2.03. The molecule has 0 aliphatic heterocycles. The number of rotatable bonds is 3. The smallest absolute Gasteiger partial charge is 0.225 e. The van der Waals surface area contributed by atoms with Crippen LogP contribution in [0.2, 0.25) is 0 Å². The Bertz CT molecular complexity index is 564. The van der Waals surface area contributed by atoms with Crippen LogP contribution in [0.5, 0.6) is 0 Å². The third-order valence-corrected chi connectivity index (χ3v) is 4.26. The van der Waals surface area contributed by atoms with Crippen LogP contribution in [0.1, 0.15) is 10.4 Å². The van der Waals surface area contributed by atoms with Gasteiger partial charge in [0.15, 0.2) is 0 Å². The highest BCUT2D eigenvalue weighted by Gasteiger charge is 2.20. The number of fused-ring (bicyclic) bond motifs is 3. The number of nitrogens with two attached hydrogens (primary N) is 1. The highest BCUT2D eigenvalue weighted by atomic mass is 32.1. The number of thiophene rings is 1. The Kier molecular flexibility index (Phi) is 3.01. The molecule has 0 fully saturated rings. The molecule has 1 aliphatic carbocycles. The Morgan fingerprint density at radius 3 is 3.17 bits per heavy atom. The first-order chi connectivity index (χ1) is 8.79. The Morgan fingerprint density at radius 2 is 2.33 bits per heavy atom. The van der Waals surface area contributed by atoms with Crippen LogP contribution in [0, 0.1) is 0 Å². The Hall–Kier alpha value is -1.46. The van der Waals surface area contributed by atoms with Gasteiger partial charge < -0.3 is 10.6 Å². The molecule has 0 saturated heterocycles. The van der Waals surface area contributed by atoms with E-state index < -0.39 is 0 Å². The summed E-state index contributed by atoms with van der Waals surface area (Å²) in [6, 6.07) is 2.16. The first-order valence-corrected chi connectivity index (χ1v) is 7.01. The van der Waals surface area contributed by atoms with Crippen LogP contribution in [0.4, 0.5) is 5.95 Å². The predicted octanol–water partition coefficient (Wildman–Crippen LogP) is 1.70. The lowest BCUT2D eigenvalue weighted by Crippen LogP contribution is -2.27. The zero-order chi connectivity index (χ0) is 12.5. The Labute approximate surface area is 110 Å². The van der Waals surface area contributed by atoms with E-state index in [-0.39, 0.29) is 0 Å². The molecule has 1 aliphatic rings. The van der Waals surface area contributed by atoms with E-state index in [0.29, 0.717) is 6.54 Å². The summed E-state index contributed by atoms with van der Waals surface area (Å²) >= 11 is 1.82. The maximum absolute atomic E-state index is 5.57. The lowest BCUT2D eigenvalue weighted by Gasteiger charge is -2.20. The molecule has 5 heteroatoms. The SMILES string of the molecule is CN(CCN)c1ncc2c(n1)-c1ccsc1CC2. The minimum Gasteiger partial charge on any atom is -0.343 e. The number of hydrogen-bond acceptors (Lipinski definition) is 5. The van der Waals surface area contributed by atoms with Gasteiger partial charge in [0.1, 0.15) is 0 Å². The van der Waals surface area contributed by atoms with E-state index in [9.17, 15) is 0 Å². The highest BCUT2D eigenvalue weighted by Crippen LogP contribution is 2.35. The van der Waals surface area contributed by atoms with Crippen molar-refractivity contribution in [3.63, 3.8) is 0 Å². The van der Waals surface area contributed by atoms with E-state index in [1.807, 2.05) is 29.5 Å². The van der Waals surface area contributed by atoms with Crippen LogP contribution in [-0.2, 0) is 12.8 Å². The maximum atomic E-state index is 5.57. The molecule has 0 bridgehead atoms. The summed E-state index contributed by atoms with van der Waals surface area (Å²) in [5.41, 5.74) is 9.21. The van der Waals surface area contributed by atoms with Crippen molar-refractivity contribution in [2.45, 2.75) is 12.8 Å². The summed E-state index contributed by atoms with van der Waals surface area (Å²) in [6.07, 6.45) is 4.12. The van der Waals surface area contributed by atoms with Crippen molar-refractivity contribution in [2.75, 3.05) is 25.0 Å². The molecule has 0 radical (unpaired) electrons. The molecule has 0 unspecified atom stereocenters. The standard InChI is InChI=1S/C13H16N4S/c1-17(6-5-14)13-15-8-9-2-3-11-10(4-7-18-11)12(9)16-13/h4,7-8H,2-3,5-6,14H2,1H3. The summed E-state index contributed by atoms with van der Waals surface area (Å²) in [5, 5.41) is 2.14. The first-order valence-electron chi connectivity index (χ1n) is 6.13. The second-order valence-electron chi connectivity index (χ2n) is 4.51. The van der Waals surface area contributed by atoms with E-state index in [0.717, 1.165) is 31.0 Å². The monoisotopic (exact) mass is 260 g/mol. The fourth-order valence-electron chi connectivity index (χ4n) is 2.28. The summed E-state index contributed by atoms with van der Waals surface area (Å²) in [7, 11) is 1.98. The van der Waals surface area contributed by atoms with Gasteiger partial charge in [0, 0.05) is 36.8 Å². The van der Waals surface area contributed by atoms with Crippen molar-refractivity contribution in [2.24, 2.45) is 5.73 Å². The van der Waals surface area contributed by atoms with Gasteiger partial charge in [-0.25, -0.2) is 9.97 Å². The summed E-state index contributed by atoms with van der Waals surface area (Å²) < 4.78 is 0. The minimum atomic E-state index is 0.612. The lowest BCUT2D eigenvalue weighted by atomic mass is 9.96. The molecule has 2 N–H and O–H groups in total. The van der Waals surface area contributed by atoms with Gasteiger partial charge in [0.05, 0.1) is 5.69 Å². The van der Waals surface area contributed by atoms with Gasteiger partial charge >= 0.3 is 0 Å². The van der Waals surface area contributed by atoms with Crippen molar-refractivity contribution in [3.8, 4) is 11.3 Å². The largest absolute Gasteiger partial charge is 0.343 e. The van der Waals surface area contributed by atoms with Crippen molar-refractivity contribution >= 4 is 17.3 Å². The molecule has 0 aromatic carbocycles. The summed E-state index contributed by atoms with van der Waals surface area (Å²) in [5.74, 6) is 0.762. The van der Waals surface area contributed by atoms with Crippen molar-refractivity contribution in [1.29, 1.82) is 0 Å². The van der Waals surface area contributed by atoms with Crippen molar-refractivity contribution in [1.82, 2.24) is 9.97 Å². The van der Waals surface area contributed by atoms with Crippen LogP contribution >= 0.6 is 11.3 Å². The van der Waals surface area contributed by atoms with Gasteiger partial charge in [-0.1, -0.05) is 0 Å². The van der Waals surface area contributed by atoms with Crippen molar-refractivity contribution in [3.05, 3.63) is 28.1 Å². The predicted molar refractivity (Wildman–Crippen MR) is 75.1 cm³/mol. The second kappa shape index (κ2) is 4.66. The van der Waals surface area contributed by atoms with E-state index in [1.165, 1.54) is 16.0 Å². The van der Waals surface area contributed by atoms with Gasteiger partial charge in [0.25, 0.3) is 0 Å². The van der Waals surface area contributed by atoms with E-state index in [2.05, 4.69) is 16.4 Å². The normalized spacial score (nSPS) is 13.0. The number of aromatic nitrogens is 2. The molecule has 2 aromatic heterocycles. The highest BCUT2D eigenvalue weighted by molar-refractivity contribution is 7.10. The molecule has 4 nitrogen and oxygen atoms in total. The van der Waals surface area contributed by atoms with E-state index in [4.69, 9.17) is 10.7 Å². The minimum absolute atomic E-state index is 0.612. The van der Waals surface area contributed by atoms with Gasteiger partial charge in [-0.15, -0.1) is 11.3 Å². The molecular weight excluding hydrogens is 244 g/mol. The molecule has 18 heavy (non-hydrogen) atoms. The molecular formula is C13H16N4S. The molecule has 0 spiro atoms. The van der Waals surface area contributed by atoms with Crippen LogP contribution in [-0.4, -0.2) is 30.1 Å². The van der Waals surface area contributed by atoms with Crippen molar-refractivity contribution < 1.29 is 0 Å². The number of nitrogens with zero attached hydrogens (tertiary/aromatic N) is 3. The van der Waals surface area contributed by atoms with Crippen LogP contribution < -0.4 is 10.6 Å². The average molecular weight is 260 g/mol. The molecule has 94 valence electrons. The topological polar surface area (TPSA) is 55.0 Å². The number of likely N-dealkylation sites (N-methyl/N-ethyl adjacent to an activating group) is 1. The van der Waals surface area contributed by atoms with E-state index in [1.54, 1.807) is 0 Å². The number of aryl methyl sites for hydroxylation is 2. The van der Waals surface area contributed by atoms with Crippen LogP contribution in [0.3, 0.4) is 0 Å². The quantitative estimate of drug-likeness (QED) is 0.912. The van der Waals surface area contributed by atoms with E-state index >= 15 is 0 Å². The molecule has 2 heterocycles. The zero-order valence-electron chi connectivity index (χ0n) is 10.4. The third kappa shape index (κ3) is 1.89. The fraction of sp³-hybridized carbons (Fsp3) is 0.385. The average Bonchev–Trinajstić information content (AvgIpc) is 2.87. The summed E-state index contributed by atoms with van der Waals surface area (Å²) in [4.78, 5) is 12.6. The Morgan fingerprint density at radius 1 is 1.44 bits per heavy atom. The van der Waals surface area contributed by atoms with Gasteiger partial charge in [-0.05, 0) is 29.9 Å². The summed E-state index contributed by atoms with van der Waals surface area (Å²) in [6.45, 7) is 1.38. The maximum Gasteiger partial charge on any atom is 0.225 e.